The summed E-state index contributed by atoms with van der Waals surface area (Å²) in [5.41, 5.74) is 2.24. The molecule has 0 radical (unpaired) electrons. The highest BCUT2D eigenvalue weighted by Crippen LogP contribution is 2.19. The van der Waals surface area contributed by atoms with Crippen molar-refractivity contribution in [3.8, 4) is 0 Å². The monoisotopic (exact) mass is 276 g/mol. The van der Waals surface area contributed by atoms with E-state index < -0.39 is 0 Å². The predicted octanol–water partition coefficient (Wildman–Crippen LogP) is 3.12. The molecule has 4 nitrogen and oxygen atoms in total. The van der Waals surface area contributed by atoms with Gasteiger partial charge in [-0.3, -0.25) is 0 Å². The van der Waals surface area contributed by atoms with E-state index in [0.717, 1.165) is 22.9 Å². The van der Waals surface area contributed by atoms with Gasteiger partial charge in [0.15, 0.2) is 0 Å². The number of rotatable bonds is 4. The number of nitrogens with zero attached hydrogens (tertiary/aromatic N) is 3. The van der Waals surface area contributed by atoms with E-state index in [4.69, 9.17) is 11.6 Å². The van der Waals surface area contributed by atoms with Crippen LogP contribution >= 0.6 is 11.6 Å². The topological polar surface area (TPSA) is 41.1 Å². The van der Waals surface area contributed by atoms with Crippen molar-refractivity contribution < 1.29 is 0 Å². The molecule has 0 aliphatic rings. The standard InChI is InChI=1S/C14H17ClN4/c1-10-8-17-14(16-2)18-13(10)19(3)9-11-4-6-12(15)7-5-11/h4-8H,9H2,1-3H3,(H,16,17,18). The average Bonchev–Trinajstić information content (AvgIpc) is 2.42. The van der Waals surface area contributed by atoms with E-state index in [2.05, 4.69) is 20.2 Å². The first-order valence-corrected chi connectivity index (χ1v) is 6.45. The molecule has 1 aromatic carbocycles. The third-order valence-electron chi connectivity index (χ3n) is 2.86. The van der Waals surface area contributed by atoms with Crippen molar-refractivity contribution in [2.75, 3.05) is 24.3 Å². The van der Waals surface area contributed by atoms with Crippen LogP contribution in [0.2, 0.25) is 5.02 Å². The molecule has 100 valence electrons. The molecule has 0 atom stereocenters. The van der Waals surface area contributed by atoms with Crippen molar-refractivity contribution in [2.24, 2.45) is 0 Å². The second kappa shape index (κ2) is 5.89. The van der Waals surface area contributed by atoms with Gasteiger partial charge in [-0.05, 0) is 24.6 Å². The maximum atomic E-state index is 5.89. The summed E-state index contributed by atoms with van der Waals surface area (Å²) in [5, 5.41) is 3.71. The van der Waals surface area contributed by atoms with Crippen LogP contribution in [0.3, 0.4) is 0 Å². The lowest BCUT2D eigenvalue weighted by molar-refractivity contribution is 0.883. The normalized spacial score (nSPS) is 10.3. The molecule has 2 rings (SSSR count). The third kappa shape index (κ3) is 3.35. The Morgan fingerprint density at radius 1 is 1.26 bits per heavy atom. The minimum absolute atomic E-state index is 0.628. The van der Waals surface area contributed by atoms with Crippen molar-refractivity contribution in [1.82, 2.24) is 9.97 Å². The third-order valence-corrected chi connectivity index (χ3v) is 3.12. The van der Waals surface area contributed by atoms with Crippen LogP contribution in [0.5, 0.6) is 0 Å². The van der Waals surface area contributed by atoms with Gasteiger partial charge in [-0.25, -0.2) is 4.98 Å². The smallest absolute Gasteiger partial charge is 0.224 e. The molecule has 1 N–H and O–H groups in total. The van der Waals surface area contributed by atoms with Gasteiger partial charge in [-0.1, -0.05) is 23.7 Å². The summed E-state index contributed by atoms with van der Waals surface area (Å²) < 4.78 is 0. The SMILES string of the molecule is CNc1ncc(C)c(N(C)Cc2ccc(Cl)cc2)n1. The molecule has 19 heavy (non-hydrogen) atoms. The van der Waals surface area contributed by atoms with Gasteiger partial charge in [-0.15, -0.1) is 0 Å². The highest BCUT2D eigenvalue weighted by Gasteiger charge is 2.09. The van der Waals surface area contributed by atoms with E-state index in [1.54, 1.807) is 0 Å². The molecule has 1 aromatic heterocycles. The van der Waals surface area contributed by atoms with E-state index in [0.29, 0.717) is 5.95 Å². The fourth-order valence-electron chi connectivity index (χ4n) is 1.88. The zero-order valence-electron chi connectivity index (χ0n) is 11.3. The molecule has 0 fully saturated rings. The van der Waals surface area contributed by atoms with Crippen LogP contribution in [0.4, 0.5) is 11.8 Å². The molecule has 0 spiro atoms. The Morgan fingerprint density at radius 3 is 2.58 bits per heavy atom. The summed E-state index contributed by atoms with van der Waals surface area (Å²) >= 11 is 5.89. The van der Waals surface area contributed by atoms with Crippen LogP contribution in [-0.2, 0) is 6.54 Å². The number of nitrogens with one attached hydrogen (secondary N) is 1. The van der Waals surface area contributed by atoms with Crippen molar-refractivity contribution in [3.05, 3.63) is 46.6 Å². The predicted molar refractivity (Wildman–Crippen MR) is 79.9 cm³/mol. The zero-order chi connectivity index (χ0) is 13.8. The molecule has 1 heterocycles. The Hall–Kier alpha value is -1.81. The minimum atomic E-state index is 0.628. The first kappa shape index (κ1) is 13.6. The number of aryl methyl sites for hydroxylation is 1. The van der Waals surface area contributed by atoms with E-state index in [1.165, 1.54) is 5.56 Å². The van der Waals surface area contributed by atoms with Crippen molar-refractivity contribution >= 4 is 23.4 Å². The lowest BCUT2D eigenvalue weighted by Gasteiger charge is -2.20. The van der Waals surface area contributed by atoms with Gasteiger partial charge in [0, 0.05) is 37.4 Å². The Bertz CT molecular complexity index is 554. The summed E-state index contributed by atoms with van der Waals surface area (Å²) in [6.07, 6.45) is 1.83. The number of hydrogen-bond donors (Lipinski definition) is 1. The second-order valence-electron chi connectivity index (χ2n) is 4.43. The Balaban J connectivity index is 2.19. The lowest BCUT2D eigenvalue weighted by Crippen LogP contribution is -2.19. The molecular formula is C14H17ClN4. The molecule has 0 saturated carbocycles. The molecule has 5 heteroatoms. The Labute approximate surface area is 118 Å². The van der Waals surface area contributed by atoms with Crippen LogP contribution in [0.25, 0.3) is 0 Å². The highest BCUT2D eigenvalue weighted by atomic mass is 35.5. The summed E-state index contributed by atoms with van der Waals surface area (Å²) in [4.78, 5) is 10.8. The fraction of sp³-hybridized carbons (Fsp3) is 0.286. The largest absolute Gasteiger partial charge is 0.357 e. The van der Waals surface area contributed by atoms with Crippen LogP contribution in [-0.4, -0.2) is 24.1 Å². The zero-order valence-corrected chi connectivity index (χ0v) is 12.1. The summed E-state index contributed by atoms with van der Waals surface area (Å²) in [7, 11) is 3.83. The van der Waals surface area contributed by atoms with Gasteiger partial charge in [0.2, 0.25) is 5.95 Å². The molecule has 0 amide bonds. The second-order valence-corrected chi connectivity index (χ2v) is 4.87. The molecule has 2 aromatic rings. The fourth-order valence-corrected chi connectivity index (χ4v) is 2.00. The van der Waals surface area contributed by atoms with Crippen molar-refractivity contribution in [3.63, 3.8) is 0 Å². The quantitative estimate of drug-likeness (QED) is 0.932. The molecular weight excluding hydrogens is 260 g/mol. The van der Waals surface area contributed by atoms with Gasteiger partial charge in [-0.2, -0.15) is 4.98 Å². The first-order chi connectivity index (χ1) is 9.10. The summed E-state index contributed by atoms with van der Waals surface area (Å²) in [6, 6.07) is 7.84. The minimum Gasteiger partial charge on any atom is -0.357 e. The average molecular weight is 277 g/mol. The van der Waals surface area contributed by atoms with Gasteiger partial charge in [0.1, 0.15) is 5.82 Å². The van der Waals surface area contributed by atoms with Crippen LogP contribution < -0.4 is 10.2 Å². The summed E-state index contributed by atoms with van der Waals surface area (Å²) in [6.45, 7) is 2.78. The maximum Gasteiger partial charge on any atom is 0.224 e. The first-order valence-electron chi connectivity index (χ1n) is 6.07. The van der Waals surface area contributed by atoms with Gasteiger partial charge in [0.25, 0.3) is 0 Å². The van der Waals surface area contributed by atoms with Gasteiger partial charge < -0.3 is 10.2 Å². The Morgan fingerprint density at radius 2 is 1.95 bits per heavy atom. The lowest BCUT2D eigenvalue weighted by atomic mass is 10.2. The van der Waals surface area contributed by atoms with E-state index in [1.807, 2.05) is 51.5 Å². The van der Waals surface area contributed by atoms with Crippen molar-refractivity contribution in [1.29, 1.82) is 0 Å². The number of benzene rings is 1. The highest BCUT2D eigenvalue weighted by molar-refractivity contribution is 6.30. The van der Waals surface area contributed by atoms with E-state index >= 15 is 0 Å². The Kier molecular flexibility index (Phi) is 4.22. The molecule has 0 aliphatic heterocycles. The summed E-state index contributed by atoms with van der Waals surface area (Å²) in [5.74, 6) is 1.55. The van der Waals surface area contributed by atoms with E-state index in [9.17, 15) is 0 Å². The van der Waals surface area contributed by atoms with E-state index in [-0.39, 0.29) is 0 Å². The number of halogens is 1. The molecule has 0 unspecified atom stereocenters. The number of aromatic nitrogens is 2. The molecule has 0 aliphatic carbocycles. The molecule has 0 saturated heterocycles. The molecule has 0 bridgehead atoms. The number of anilines is 2. The van der Waals surface area contributed by atoms with Crippen molar-refractivity contribution in [2.45, 2.75) is 13.5 Å². The van der Waals surface area contributed by atoms with Crippen LogP contribution in [0.1, 0.15) is 11.1 Å². The van der Waals surface area contributed by atoms with Crippen LogP contribution in [0, 0.1) is 6.92 Å². The van der Waals surface area contributed by atoms with Crippen LogP contribution in [0.15, 0.2) is 30.5 Å². The van der Waals surface area contributed by atoms with Gasteiger partial charge in [0.05, 0.1) is 0 Å². The number of hydrogen-bond acceptors (Lipinski definition) is 4. The van der Waals surface area contributed by atoms with Gasteiger partial charge >= 0.3 is 0 Å². The maximum absolute atomic E-state index is 5.89.